The van der Waals surface area contributed by atoms with Crippen LogP contribution in [0.4, 0.5) is 0 Å². The average molecular weight is 652 g/mol. The summed E-state index contributed by atoms with van der Waals surface area (Å²) >= 11 is 0. The van der Waals surface area contributed by atoms with Gasteiger partial charge in [-0.3, -0.25) is 0 Å². The number of aliphatic hydroxyl groups excluding tert-OH is 1. The molecule has 10 heteroatoms. The molecule has 0 aromatic heterocycles. The number of aliphatic hydroxyl groups is 1. The molecule has 0 amide bonds. The maximum absolute atomic E-state index is 10.4. The van der Waals surface area contributed by atoms with E-state index in [1.54, 1.807) is 59.8 Å². The number of aryl methyl sites for hydroxylation is 3. The van der Waals surface area contributed by atoms with Gasteiger partial charge in [0.15, 0.2) is 0 Å². The van der Waals surface area contributed by atoms with Crippen LogP contribution in [-0.4, -0.2) is 59.3 Å². The summed E-state index contributed by atoms with van der Waals surface area (Å²) in [4.78, 5) is 0. The van der Waals surface area contributed by atoms with Crippen LogP contribution in [0.5, 0.6) is 40.2 Å². The minimum Gasteiger partial charge on any atom is -1.00 e. The quantitative estimate of drug-likeness (QED) is 0.185. The van der Waals surface area contributed by atoms with E-state index >= 15 is 0 Å². The summed E-state index contributed by atoms with van der Waals surface area (Å²) in [5, 5.41) is 30.3. The normalized spacial score (nSPS) is 10.6. The van der Waals surface area contributed by atoms with Crippen molar-refractivity contribution in [1.29, 1.82) is 0 Å². The van der Waals surface area contributed by atoms with Crippen molar-refractivity contribution in [2.24, 2.45) is 0 Å². The van der Waals surface area contributed by atoms with Crippen LogP contribution >= 0.6 is 0 Å². The third-order valence-electron chi connectivity index (χ3n) is 7.50. The summed E-state index contributed by atoms with van der Waals surface area (Å²) in [5.74, 6) is 3.91. The van der Waals surface area contributed by atoms with Crippen LogP contribution in [-0.2, 0) is 12.8 Å². The Kier molecular flexibility index (Phi) is 18.0. The Balaban J connectivity index is 0.000000867. The molecule has 0 heterocycles. The second-order valence-electron chi connectivity index (χ2n) is 10.5. The van der Waals surface area contributed by atoms with E-state index in [-0.39, 0.29) is 50.9 Å². The van der Waals surface area contributed by atoms with Crippen LogP contribution in [0.2, 0.25) is 0 Å². The third kappa shape index (κ3) is 11.8. The molecular weight excluding hydrogens is 606 g/mol. The summed E-state index contributed by atoms with van der Waals surface area (Å²) in [7, 11) is 8.04. The molecule has 0 aliphatic rings. The van der Waals surface area contributed by atoms with Crippen molar-refractivity contribution in [3.8, 4) is 40.2 Å². The Bertz CT molecular complexity index is 1580. The van der Waals surface area contributed by atoms with Gasteiger partial charge in [0.2, 0.25) is 0 Å². The average Bonchev–Trinajstić information content (AvgIpc) is 3.06. The van der Waals surface area contributed by atoms with Gasteiger partial charge in [-0.1, -0.05) is 24.8 Å². The first-order valence-corrected chi connectivity index (χ1v) is 14.6. The SMILES string of the molecule is C=C(CCc1ccc(C)cc1OC)c1cc(OC)ccc1O.COc1ccc(CCC(O)c2cc(OC)ccc2O)c(OC)c1.[B].[H-].[Na+]. The minimum absolute atomic E-state index is 0. The largest absolute Gasteiger partial charge is 1.00 e. The van der Waals surface area contributed by atoms with E-state index < -0.39 is 6.10 Å². The van der Waals surface area contributed by atoms with Gasteiger partial charge in [0.1, 0.15) is 40.2 Å². The van der Waals surface area contributed by atoms with E-state index in [9.17, 15) is 15.3 Å². The fourth-order valence-corrected chi connectivity index (χ4v) is 4.84. The Morgan fingerprint density at radius 1 is 0.681 bits per heavy atom. The number of hydrogen-bond acceptors (Lipinski definition) is 8. The molecule has 0 saturated carbocycles. The molecule has 0 spiro atoms. The molecule has 0 aliphatic carbocycles. The van der Waals surface area contributed by atoms with Gasteiger partial charge in [-0.25, -0.2) is 0 Å². The summed E-state index contributed by atoms with van der Waals surface area (Å²) in [5.41, 5.74) is 5.33. The second kappa shape index (κ2) is 20.5. The molecule has 4 aromatic carbocycles. The van der Waals surface area contributed by atoms with E-state index in [4.69, 9.17) is 23.7 Å². The van der Waals surface area contributed by atoms with Crippen molar-refractivity contribution in [1.82, 2.24) is 0 Å². The Hall–Kier alpha value is -3.76. The molecule has 0 aliphatic heterocycles. The van der Waals surface area contributed by atoms with Crippen LogP contribution in [0, 0.1) is 6.92 Å². The van der Waals surface area contributed by atoms with Crippen LogP contribution in [0.25, 0.3) is 5.57 Å². The van der Waals surface area contributed by atoms with Crippen molar-refractivity contribution >= 4 is 14.0 Å². The number of benzene rings is 4. The summed E-state index contributed by atoms with van der Waals surface area (Å²) in [6.45, 7) is 6.13. The van der Waals surface area contributed by atoms with Gasteiger partial charge in [0.05, 0.1) is 41.7 Å². The molecule has 1 unspecified atom stereocenters. The smallest absolute Gasteiger partial charge is 1.00 e. The Morgan fingerprint density at radius 3 is 1.81 bits per heavy atom. The Morgan fingerprint density at radius 2 is 1.19 bits per heavy atom. The van der Waals surface area contributed by atoms with E-state index in [0.717, 1.165) is 46.6 Å². The molecule has 3 N–H and O–H groups in total. The number of ether oxygens (including phenoxy) is 5. The molecule has 4 rings (SSSR count). The van der Waals surface area contributed by atoms with E-state index in [1.807, 2.05) is 37.3 Å². The first-order valence-electron chi connectivity index (χ1n) is 14.6. The van der Waals surface area contributed by atoms with Crippen molar-refractivity contribution in [3.05, 3.63) is 107 Å². The summed E-state index contributed by atoms with van der Waals surface area (Å²) < 4.78 is 26.3. The van der Waals surface area contributed by atoms with E-state index in [1.165, 1.54) is 11.6 Å². The fraction of sp³-hybridized carbons (Fsp3) is 0.297. The van der Waals surface area contributed by atoms with Gasteiger partial charge in [0, 0.05) is 25.6 Å². The summed E-state index contributed by atoms with van der Waals surface area (Å²) in [6.07, 6.45) is 1.80. The van der Waals surface area contributed by atoms with Gasteiger partial charge in [-0.15, -0.1) is 0 Å². The minimum atomic E-state index is -0.795. The topological polar surface area (TPSA) is 107 Å². The van der Waals surface area contributed by atoms with Crippen LogP contribution < -0.4 is 53.2 Å². The molecule has 3 radical (unpaired) electrons. The second-order valence-corrected chi connectivity index (χ2v) is 10.5. The molecule has 245 valence electrons. The predicted octanol–water partition coefficient (Wildman–Crippen LogP) is 4.18. The molecule has 47 heavy (non-hydrogen) atoms. The van der Waals surface area contributed by atoms with Crippen LogP contribution in [0.1, 0.15) is 48.2 Å². The van der Waals surface area contributed by atoms with Crippen molar-refractivity contribution < 1.29 is 70.0 Å². The molecule has 0 saturated heterocycles. The zero-order valence-electron chi connectivity index (χ0n) is 29.5. The number of methoxy groups -OCH3 is 5. The zero-order chi connectivity index (χ0) is 32.9. The maximum Gasteiger partial charge on any atom is 1.00 e. The monoisotopic (exact) mass is 651 g/mol. The molecular formula is C37H45BNaO8. The van der Waals surface area contributed by atoms with Crippen LogP contribution in [0.3, 0.4) is 0 Å². The first kappa shape index (κ1) is 41.3. The molecule has 8 nitrogen and oxygen atoms in total. The number of hydrogen-bond donors (Lipinski definition) is 3. The first-order chi connectivity index (χ1) is 21.6. The van der Waals surface area contributed by atoms with Gasteiger partial charge >= 0.3 is 29.6 Å². The van der Waals surface area contributed by atoms with Crippen molar-refractivity contribution in [2.45, 2.75) is 38.7 Å². The van der Waals surface area contributed by atoms with E-state index in [2.05, 4.69) is 18.7 Å². The van der Waals surface area contributed by atoms with E-state index in [0.29, 0.717) is 35.7 Å². The molecule has 1 atom stereocenters. The molecule has 4 aromatic rings. The maximum atomic E-state index is 10.4. The van der Waals surface area contributed by atoms with Gasteiger partial charge in [-0.2, -0.15) is 0 Å². The van der Waals surface area contributed by atoms with Crippen molar-refractivity contribution in [3.63, 3.8) is 0 Å². The number of rotatable bonds is 13. The van der Waals surface area contributed by atoms with Crippen molar-refractivity contribution in [2.75, 3.05) is 35.5 Å². The van der Waals surface area contributed by atoms with Gasteiger partial charge < -0.3 is 40.4 Å². The fourth-order valence-electron chi connectivity index (χ4n) is 4.84. The predicted molar refractivity (Wildman–Crippen MR) is 184 cm³/mol. The molecule has 0 fully saturated rings. The zero-order valence-corrected chi connectivity index (χ0v) is 30.5. The number of allylic oxidation sites excluding steroid dienone is 1. The van der Waals surface area contributed by atoms with Gasteiger partial charge in [-0.05, 0) is 103 Å². The van der Waals surface area contributed by atoms with Gasteiger partial charge in [0.25, 0.3) is 0 Å². The third-order valence-corrected chi connectivity index (χ3v) is 7.50. The van der Waals surface area contributed by atoms with Crippen LogP contribution in [0.15, 0.2) is 79.4 Å². The standard InChI is InChI=1S/C19H22O3.C18H22O5.B.Na.H/c1-13-5-7-15(19(11-13)22-4)8-6-14(2)17-12-16(21-3)9-10-18(17)20;1-21-13-7-9-17(20)15(10-13)16(19)8-5-12-4-6-14(22-2)11-18(12)23-3;;;/h5,7,9-12,20H,2,6,8H2,1,3-4H3;4,6-7,9-11,16,19-20H,5,8H2,1-3H3;;;/q;;;+1;-1. The summed E-state index contributed by atoms with van der Waals surface area (Å²) in [6, 6.07) is 21.7. The Labute approximate surface area is 304 Å². The number of phenols is 2. The molecule has 0 bridgehead atoms. The number of aromatic hydroxyl groups is 2. The number of phenolic OH excluding ortho intramolecular Hbond substituents is 2.